The van der Waals surface area contributed by atoms with Crippen LogP contribution in [0.15, 0.2) is 6.07 Å². The second kappa shape index (κ2) is 3.08. The number of aromatic amines is 1. The van der Waals surface area contributed by atoms with Crippen molar-refractivity contribution in [2.45, 2.75) is 26.2 Å². The minimum absolute atomic E-state index is 0.147. The molecule has 2 aliphatic rings. The van der Waals surface area contributed by atoms with E-state index in [-0.39, 0.29) is 11.8 Å². The number of nitrogens with zero attached hydrogens (tertiary/aromatic N) is 1. The van der Waals surface area contributed by atoms with Crippen LogP contribution < -0.4 is 5.32 Å². The first-order valence-corrected chi connectivity index (χ1v) is 5.55. The lowest BCUT2D eigenvalue weighted by Crippen LogP contribution is -2.21. The summed E-state index contributed by atoms with van der Waals surface area (Å²) in [5.41, 5.74) is 0.972. The van der Waals surface area contributed by atoms with Crippen molar-refractivity contribution in [1.29, 1.82) is 0 Å². The molecule has 2 aliphatic carbocycles. The van der Waals surface area contributed by atoms with Crippen molar-refractivity contribution in [2.75, 3.05) is 5.32 Å². The molecular weight excluding hydrogens is 190 g/mol. The number of carbonyl (C=O) groups excluding carboxylic acids is 1. The van der Waals surface area contributed by atoms with Gasteiger partial charge in [-0.2, -0.15) is 5.10 Å². The zero-order valence-corrected chi connectivity index (χ0v) is 8.79. The SMILES string of the molecule is Cc1cc(NC(=O)C2CC3CC3C2)n[nH]1. The van der Waals surface area contributed by atoms with Gasteiger partial charge in [0.15, 0.2) is 5.82 Å². The molecule has 2 saturated carbocycles. The summed E-state index contributed by atoms with van der Waals surface area (Å²) in [5.74, 6) is 2.72. The van der Waals surface area contributed by atoms with E-state index in [9.17, 15) is 4.79 Å². The molecule has 1 aromatic heterocycles. The molecule has 80 valence electrons. The van der Waals surface area contributed by atoms with E-state index < -0.39 is 0 Å². The molecular formula is C11H15N3O. The Bertz CT molecular complexity index is 388. The topological polar surface area (TPSA) is 57.8 Å². The van der Waals surface area contributed by atoms with Gasteiger partial charge in [0.1, 0.15) is 0 Å². The molecule has 0 spiro atoms. The van der Waals surface area contributed by atoms with Crippen molar-refractivity contribution in [3.8, 4) is 0 Å². The van der Waals surface area contributed by atoms with Crippen molar-refractivity contribution in [3.05, 3.63) is 11.8 Å². The zero-order chi connectivity index (χ0) is 10.4. The van der Waals surface area contributed by atoms with Crippen LogP contribution in [0.5, 0.6) is 0 Å². The second-order valence-electron chi connectivity index (χ2n) is 4.85. The van der Waals surface area contributed by atoms with Gasteiger partial charge in [-0.3, -0.25) is 9.89 Å². The molecule has 0 bridgehead atoms. The molecule has 2 atom stereocenters. The van der Waals surface area contributed by atoms with Gasteiger partial charge in [-0.05, 0) is 38.0 Å². The fraction of sp³-hybridized carbons (Fsp3) is 0.636. The number of aryl methyl sites for hydroxylation is 1. The van der Waals surface area contributed by atoms with Crippen LogP contribution in [0, 0.1) is 24.7 Å². The average molecular weight is 205 g/mol. The van der Waals surface area contributed by atoms with Gasteiger partial charge in [-0.15, -0.1) is 0 Å². The van der Waals surface area contributed by atoms with Gasteiger partial charge >= 0.3 is 0 Å². The third-order valence-corrected chi connectivity index (χ3v) is 3.57. The van der Waals surface area contributed by atoms with Crippen molar-refractivity contribution in [2.24, 2.45) is 17.8 Å². The highest BCUT2D eigenvalue weighted by Gasteiger charge is 2.48. The molecule has 0 aromatic carbocycles. The monoisotopic (exact) mass is 205 g/mol. The molecule has 3 rings (SSSR count). The number of hydrogen-bond donors (Lipinski definition) is 2. The van der Waals surface area contributed by atoms with Gasteiger partial charge in [-0.1, -0.05) is 0 Å². The standard InChI is InChI=1S/C11H15N3O/c1-6-2-10(14-13-6)12-11(15)9-4-7-3-8(7)5-9/h2,7-9H,3-5H2,1H3,(H2,12,13,14,15). The van der Waals surface area contributed by atoms with Gasteiger partial charge in [-0.25, -0.2) is 0 Å². The zero-order valence-electron chi connectivity index (χ0n) is 8.79. The third-order valence-electron chi connectivity index (χ3n) is 3.57. The highest BCUT2D eigenvalue weighted by atomic mass is 16.2. The van der Waals surface area contributed by atoms with Crippen LogP contribution >= 0.6 is 0 Å². The first-order chi connectivity index (χ1) is 7.22. The van der Waals surface area contributed by atoms with Crippen LogP contribution in [0.3, 0.4) is 0 Å². The molecule has 1 aromatic rings. The number of anilines is 1. The molecule has 15 heavy (non-hydrogen) atoms. The summed E-state index contributed by atoms with van der Waals surface area (Å²) in [6.07, 6.45) is 3.52. The van der Waals surface area contributed by atoms with Crippen LogP contribution in [0.25, 0.3) is 0 Å². The molecule has 1 heterocycles. The van der Waals surface area contributed by atoms with E-state index >= 15 is 0 Å². The molecule has 0 aliphatic heterocycles. The van der Waals surface area contributed by atoms with Crippen LogP contribution in [-0.4, -0.2) is 16.1 Å². The number of fused-ring (bicyclic) bond motifs is 1. The Morgan fingerprint density at radius 1 is 1.47 bits per heavy atom. The predicted octanol–water partition coefficient (Wildman–Crippen LogP) is 1.70. The lowest BCUT2D eigenvalue weighted by Gasteiger charge is -2.09. The summed E-state index contributed by atoms with van der Waals surface area (Å²) in [7, 11) is 0. The Balaban J connectivity index is 1.61. The van der Waals surface area contributed by atoms with Crippen LogP contribution in [0.2, 0.25) is 0 Å². The summed E-state index contributed by atoms with van der Waals surface area (Å²) in [6.45, 7) is 1.92. The number of carbonyl (C=O) groups is 1. The first kappa shape index (κ1) is 8.95. The normalized spacial score (nSPS) is 32.5. The fourth-order valence-corrected chi connectivity index (χ4v) is 2.64. The number of aromatic nitrogens is 2. The second-order valence-corrected chi connectivity index (χ2v) is 4.85. The molecule has 2 fully saturated rings. The lowest BCUT2D eigenvalue weighted by molar-refractivity contribution is -0.120. The highest BCUT2D eigenvalue weighted by Crippen LogP contribution is 2.54. The summed E-state index contributed by atoms with van der Waals surface area (Å²) in [4.78, 5) is 11.8. The van der Waals surface area contributed by atoms with E-state index in [1.165, 1.54) is 6.42 Å². The Hall–Kier alpha value is -1.32. The van der Waals surface area contributed by atoms with Crippen LogP contribution in [0.4, 0.5) is 5.82 Å². The molecule has 4 heteroatoms. The fourth-order valence-electron chi connectivity index (χ4n) is 2.64. The predicted molar refractivity (Wildman–Crippen MR) is 56.3 cm³/mol. The molecule has 0 saturated heterocycles. The quantitative estimate of drug-likeness (QED) is 0.772. The van der Waals surface area contributed by atoms with E-state index in [4.69, 9.17) is 0 Å². The largest absolute Gasteiger partial charge is 0.309 e. The number of amides is 1. The van der Waals surface area contributed by atoms with Gasteiger partial charge < -0.3 is 5.32 Å². The lowest BCUT2D eigenvalue weighted by atomic mass is 10.0. The summed E-state index contributed by atoms with van der Waals surface area (Å²) in [5, 5.41) is 9.68. The summed E-state index contributed by atoms with van der Waals surface area (Å²) >= 11 is 0. The smallest absolute Gasteiger partial charge is 0.228 e. The van der Waals surface area contributed by atoms with E-state index in [0.29, 0.717) is 5.82 Å². The number of hydrogen-bond acceptors (Lipinski definition) is 2. The first-order valence-electron chi connectivity index (χ1n) is 5.55. The van der Waals surface area contributed by atoms with Gasteiger partial charge in [0.05, 0.1) is 0 Å². The van der Waals surface area contributed by atoms with E-state index in [1.54, 1.807) is 0 Å². The maximum Gasteiger partial charge on any atom is 0.228 e. The van der Waals surface area contributed by atoms with Gasteiger partial charge in [0.25, 0.3) is 0 Å². The maximum absolute atomic E-state index is 11.8. The minimum atomic E-state index is 0.147. The Labute approximate surface area is 88.4 Å². The van der Waals surface area contributed by atoms with Gasteiger partial charge in [0.2, 0.25) is 5.91 Å². The number of nitrogens with one attached hydrogen (secondary N) is 2. The van der Waals surface area contributed by atoms with E-state index in [1.807, 2.05) is 13.0 Å². The van der Waals surface area contributed by atoms with Crippen molar-refractivity contribution >= 4 is 11.7 Å². The van der Waals surface area contributed by atoms with E-state index in [2.05, 4.69) is 15.5 Å². The highest BCUT2D eigenvalue weighted by molar-refractivity contribution is 5.92. The third kappa shape index (κ3) is 1.64. The van der Waals surface area contributed by atoms with Crippen molar-refractivity contribution in [1.82, 2.24) is 10.2 Å². The summed E-state index contributed by atoms with van der Waals surface area (Å²) < 4.78 is 0. The number of H-pyrrole nitrogens is 1. The van der Waals surface area contributed by atoms with Gasteiger partial charge in [0, 0.05) is 17.7 Å². The molecule has 2 unspecified atom stereocenters. The van der Waals surface area contributed by atoms with E-state index in [0.717, 1.165) is 30.4 Å². The molecule has 2 N–H and O–H groups in total. The van der Waals surface area contributed by atoms with Crippen LogP contribution in [0.1, 0.15) is 25.0 Å². The molecule has 0 radical (unpaired) electrons. The van der Waals surface area contributed by atoms with Crippen molar-refractivity contribution in [3.63, 3.8) is 0 Å². The van der Waals surface area contributed by atoms with Crippen LogP contribution in [-0.2, 0) is 4.79 Å². The van der Waals surface area contributed by atoms with Crippen molar-refractivity contribution < 1.29 is 4.79 Å². The average Bonchev–Trinajstić information content (AvgIpc) is 2.61. The maximum atomic E-state index is 11.8. The minimum Gasteiger partial charge on any atom is -0.309 e. The molecule has 1 amide bonds. The Kier molecular flexibility index (Phi) is 1.84. The Morgan fingerprint density at radius 3 is 2.80 bits per heavy atom. The summed E-state index contributed by atoms with van der Waals surface area (Å²) in [6, 6.07) is 1.85. The number of rotatable bonds is 2. The Morgan fingerprint density at radius 2 is 2.20 bits per heavy atom. The molecule has 4 nitrogen and oxygen atoms in total.